The lowest BCUT2D eigenvalue weighted by atomic mass is 10.3. The minimum Gasteiger partial charge on any atom is -0.290 e. The number of anilines is 1. The number of para-hydroxylation sites is 1. The molecule has 0 heterocycles. The van der Waals surface area contributed by atoms with Crippen molar-refractivity contribution in [3.05, 3.63) is 30.3 Å². The molecule has 0 atom stereocenters. The maximum absolute atomic E-state index is 5.68. The summed E-state index contributed by atoms with van der Waals surface area (Å²) in [7, 11) is 3.91. The quantitative estimate of drug-likeness (QED) is 0.318. The third-order valence-electron chi connectivity index (χ3n) is 2.09. The van der Waals surface area contributed by atoms with Gasteiger partial charge in [-0.05, 0) is 12.1 Å². The molecule has 0 saturated heterocycles. The van der Waals surface area contributed by atoms with E-state index in [0.29, 0.717) is 0 Å². The summed E-state index contributed by atoms with van der Waals surface area (Å²) in [5.41, 5.74) is 6.80. The number of hydrogen-bond acceptors (Lipinski definition) is 1. The molecule has 0 radical (unpaired) electrons. The number of amidine groups is 1. The van der Waals surface area contributed by atoms with E-state index in [4.69, 9.17) is 5.73 Å². The standard InChI is InChI=1S/C10H15N3/c1-9(11)12(2)13(3)10-7-5-4-6-8-10/h4-8,11H,1-3H3/p+1. The molecule has 3 nitrogen and oxygen atoms in total. The van der Waals surface area contributed by atoms with Gasteiger partial charge < -0.3 is 0 Å². The van der Waals surface area contributed by atoms with E-state index in [0.717, 1.165) is 11.5 Å². The molecule has 3 heteroatoms. The Bertz CT molecular complexity index is 299. The van der Waals surface area contributed by atoms with Gasteiger partial charge >= 0.3 is 0 Å². The van der Waals surface area contributed by atoms with Gasteiger partial charge in [-0.3, -0.25) is 5.73 Å². The van der Waals surface area contributed by atoms with Crippen molar-refractivity contribution in [2.45, 2.75) is 6.92 Å². The molecule has 0 aliphatic rings. The highest BCUT2D eigenvalue weighted by molar-refractivity contribution is 5.72. The first kappa shape index (κ1) is 9.58. The van der Waals surface area contributed by atoms with Crippen molar-refractivity contribution in [2.24, 2.45) is 5.73 Å². The number of rotatable bonds is 2. The Morgan fingerprint density at radius 1 is 1.31 bits per heavy atom. The Kier molecular flexibility index (Phi) is 2.90. The first-order chi connectivity index (χ1) is 6.13. The van der Waals surface area contributed by atoms with Crippen LogP contribution in [0, 0.1) is 0 Å². The van der Waals surface area contributed by atoms with Gasteiger partial charge in [0, 0.05) is 14.0 Å². The van der Waals surface area contributed by atoms with Crippen molar-refractivity contribution in [2.75, 3.05) is 19.1 Å². The predicted molar refractivity (Wildman–Crippen MR) is 55.9 cm³/mol. The average molecular weight is 178 g/mol. The normalized spacial score (nSPS) is 12.2. The number of nitrogens with zero attached hydrogens (tertiary/aromatic N) is 2. The molecule has 0 amide bonds. The van der Waals surface area contributed by atoms with Gasteiger partial charge in [0.05, 0.1) is 5.69 Å². The Morgan fingerprint density at radius 2 is 1.85 bits per heavy atom. The van der Waals surface area contributed by atoms with Gasteiger partial charge in [0.1, 0.15) is 7.05 Å². The number of hydrazone groups is 1. The second kappa shape index (κ2) is 3.94. The summed E-state index contributed by atoms with van der Waals surface area (Å²) in [5, 5.41) is 2.00. The molecule has 13 heavy (non-hydrogen) atoms. The minimum absolute atomic E-state index is 0.770. The Balaban J connectivity index is 2.93. The van der Waals surface area contributed by atoms with Crippen molar-refractivity contribution < 1.29 is 4.68 Å². The largest absolute Gasteiger partial charge is 0.290 e. The SMILES string of the molecule is C/C(N)=[N+](\C)N(C)c1ccccc1. The molecule has 1 aromatic rings. The summed E-state index contributed by atoms with van der Waals surface area (Å²) in [6, 6.07) is 10.1. The monoisotopic (exact) mass is 178 g/mol. The summed E-state index contributed by atoms with van der Waals surface area (Å²) in [6.45, 7) is 1.87. The molecule has 0 saturated carbocycles. The fourth-order valence-corrected chi connectivity index (χ4v) is 1.05. The number of benzene rings is 1. The molecule has 1 rings (SSSR count). The van der Waals surface area contributed by atoms with Crippen molar-refractivity contribution in [1.29, 1.82) is 0 Å². The summed E-state index contributed by atoms with van der Waals surface area (Å²) in [4.78, 5) is 0. The van der Waals surface area contributed by atoms with E-state index in [1.165, 1.54) is 0 Å². The third-order valence-corrected chi connectivity index (χ3v) is 2.09. The Hall–Kier alpha value is -1.51. The van der Waals surface area contributed by atoms with Crippen LogP contribution in [-0.4, -0.2) is 24.6 Å². The van der Waals surface area contributed by atoms with Crippen LogP contribution in [0.3, 0.4) is 0 Å². The minimum atomic E-state index is 0.770. The fourth-order valence-electron chi connectivity index (χ4n) is 1.05. The first-order valence-electron chi connectivity index (χ1n) is 4.24. The van der Waals surface area contributed by atoms with Crippen LogP contribution in [0.15, 0.2) is 30.3 Å². The highest BCUT2D eigenvalue weighted by Gasteiger charge is 2.05. The van der Waals surface area contributed by atoms with Crippen LogP contribution >= 0.6 is 0 Å². The van der Waals surface area contributed by atoms with E-state index in [-0.39, 0.29) is 0 Å². The smallest absolute Gasteiger partial charge is 0.262 e. The van der Waals surface area contributed by atoms with Crippen molar-refractivity contribution >= 4 is 11.5 Å². The molecule has 0 fully saturated rings. The molecule has 0 aliphatic carbocycles. The first-order valence-corrected chi connectivity index (χ1v) is 4.24. The third kappa shape index (κ3) is 2.21. The highest BCUT2D eigenvalue weighted by atomic mass is 15.5. The van der Waals surface area contributed by atoms with Gasteiger partial charge in [0.15, 0.2) is 0 Å². The van der Waals surface area contributed by atoms with Crippen molar-refractivity contribution in [3.63, 3.8) is 0 Å². The fraction of sp³-hybridized carbons (Fsp3) is 0.300. The molecule has 0 spiro atoms. The van der Waals surface area contributed by atoms with E-state index >= 15 is 0 Å². The van der Waals surface area contributed by atoms with Crippen LogP contribution in [0.1, 0.15) is 6.92 Å². The second-order valence-corrected chi connectivity index (χ2v) is 3.02. The van der Waals surface area contributed by atoms with E-state index in [9.17, 15) is 0 Å². The second-order valence-electron chi connectivity index (χ2n) is 3.02. The molecule has 2 N–H and O–H groups in total. The van der Waals surface area contributed by atoms with Crippen LogP contribution in [0.2, 0.25) is 0 Å². The lowest BCUT2D eigenvalue weighted by Gasteiger charge is -2.17. The maximum atomic E-state index is 5.68. The van der Waals surface area contributed by atoms with Crippen LogP contribution in [0.4, 0.5) is 5.69 Å². The summed E-state index contributed by atoms with van der Waals surface area (Å²) in [6.07, 6.45) is 0. The summed E-state index contributed by atoms with van der Waals surface area (Å²) < 4.78 is 1.90. The van der Waals surface area contributed by atoms with Gasteiger partial charge in [-0.1, -0.05) is 18.2 Å². The van der Waals surface area contributed by atoms with Crippen molar-refractivity contribution in [1.82, 2.24) is 0 Å². The molecular formula is C10H16N3+. The zero-order valence-corrected chi connectivity index (χ0v) is 8.36. The van der Waals surface area contributed by atoms with Gasteiger partial charge in [-0.15, -0.1) is 0 Å². The van der Waals surface area contributed by atoms with E-state index in [1.807, 2.05) is 61.0 Å². The lowest BCUT2D eigenvalue weighted by Crippen LogP contribution is -2.35. The molecule has 0 aliphatic heterocycles. The molecule has 0 unspecified atom stereocenters. The van der Waals surface area contributed by atoms with E-state index < -0.39 is 0 Å². The Morgan fingerprint density at radius 3 is 2.31 bits per heavy atom. The predicted octanol–water partition coefficient (Wildman–Crippen LogP) is 1.06. The molecule has 70 valence electrons. The topological polar surface area (TPSA) is 32.3 Å². The molecular weight excluding hydrogens is 162 g/mol. The zero-order valence-electron chi connectivity index (χ0n) is 8.36. The number of nitrogens with two attached hydrogens (primary N) is 1. The Labute approximate surface area is 79.1 Å². The number of hydrogen-bond donors (Lipinski definition) is 1. The highest BCUT2D eigenvalue weighted by Crippen LogP contribution is 2.09. The van der Waals surface area contributed by atoms with Gasteiger partial charge in [-0.25, -0.2) is 5.01 Å². The van der Waals surface area contributed by atoms with Gasteiger partial charge in [0.25, 0.3) is 5.84 Å². The van der Waals surface area contributed by atoms with Gasteiger partial charge in [-0.2, -0.15) is 4.68 Å². The van der Waals surface area contributed by atoms with Crippen LogP contribution in [-0.2, 0) is 0 Å². The molecule has 1 aromatic carbocycles. The summed E-state index contributed by atoms with van der Waals surface area (Å²) >= 11 is 0. The van der Waals surface area contributed by atoms with Crippen LogP contribution in [0.25, 0.3) is 0 Å². The average Bonchev–Trinajstić information content (AvgIpc) is 2.17. The van der Waals surface area contributed by atoms with Gasteiger partial charge in [0.2, 0.25) is 0 Å². The molecule has 0 bridgehead atoms. The van der Waals surface area contributed by atoms with Crippen LogP contribution < -0.4 is 10.7 Å². The van der Waals surface area contributed by atoms with E-state index in [1.54, 1.807) is 0 Å². The lowest BCUT2D eigenvalue weighted by molar-refractivity contribution is -0.508. The van der Waals surface area contributed by atoms with Crippen molar-refractivity contribution in [3.8, 4) is 0 Å². The maximum Gasteiger partial charge on any atom is 0.262 e. The summed E-state index contributed by atoms with van der Waals surface area (Å²) in [5.74, 6) is 0.770. The van der Waals surface area contributed by atoms with Crippen LogP contribution in [0.5, 0.6) is 0 Å². The van der Waals surface area contributed by atoms with E-state index in [2.05, 4.69) is 0 Å². The number of hydrazine groups is 1. The zero-order chi connectivity index (χ0) is 9.84. The molecule has 0 aromatic heterocycles.